The van der Waals surface area contributed by atoms with Gasteiger partial charge in [-0.2, -0.15) is 5.10 Å². The van der Waals surface area contributed by atoms with Gasteiger partial charge in [0.1, 0.15) is 12.3 Å². The molecular weight excluding hydrogens is 310 g/mol. The summed E-state index contributed by atoms with van der Waals surface area (Å²) in [6.07, 6.45) is 4.77. The van der Waals surface area contributed by atoms with Gasteiger partial charge in [-0.15, -0.1) is 0 Å². The fourth-order valence-electron chi connectivity index (χ4n) is 2.25. The number of carbonyl (C=O) groups is 1. The molecule has 1 N–H and O–H groups in total. The molecule has 1 aromatic rings. The van der Waals surface area contributed by atoms with Gasteiger partial charge in [-0.25, -0.2) is 0 Å². The molecule has 6 heteroatoms. The number of nitrogens with zero attached hydrogens (tertiary/aromatic N) is 2. The Morgan fingerprint density at radius 1 is 1.58 bits per heavy atom. The van der Waals surface area contributed by atoms with E-state index in [1.165, 1.54) is 0 Å². The molecule has 5 nitrogen and oxygen atoms in total. The van der Waals surface area contributed by atoms with Crippen LogP contribution >= 0.6 is 15.9 Å². The zero-order chi connectivity index (χ0) is 13.7. The van der Waals surface area contributed by atoms with Gasteiger partial charge in [-0.05, 0) is 48.3 Å². The van der Waals surface area contributed by atoms with E-state index < -0.39 is 0 Å². The van der Waals surface area contributed by atoms with Crippen LogP contribution in [0, 0.1) is 0 Å². The largest absolute Gasteiger partial charge is 0.370 e. The fraction of sp³-hybridized carbons (Fsp3) is 0.692. The average molecular weight is 330 g/mol. The quantitative estimate of drug-likeness (QED) is 0.811. The van der Waals surface area contributed by atoms with E-state index in [1.807, 2.05) is 0 Å². The summed E-state index contributed by atoms with van der Waals surface area (Å²) in [7, 11) is 0. The number of hydrogen-bond donors (Lipinski definition) is 1. The van der Waals surface area contributed by atoms with Crippen molar-refractivity contribution in [2.75, 3.05) is 19.7 Å². The standard InChI is InChI=1S/C13H20BrN3O2/c1-2-7-17-13(11(14)8-16-17)12(18)9-19-10-3-5-15-6-4-10/h8,10,15H,2-7,9H2,1H3. The summed E-state index contributed by atoms with van der Waals surface area (Å²) in [5, 5.41) is 7.48. The second kappa shape index (κ2) is 7.17. The highest BCUT2D eigenvalue weighted by atomic mass is 79.9. The molecule has 106 valence electrons. The molecule has 19 heavy (non-hydrogen) atoms. The van der Waals surface area contributed by atoms with Crippen LogP contribution in [0.4, 0.5) is 0 Å². The summed E-state index contributed by atoms with van der Waals surface area (Å²) in [5.41, 5.74) is 0.621. The molecule has 1 fully saturated rings. The minimum absolute atomic E-state index is 0.00337. The Hall–Kier alpha value is -0.720. The first-order valence-electron chi connectivity index (χ1n) is 6.79. The molecule has 0 aliphatic carbocycles. The van der Waals surface area contributed by atoms with Gasteiger partial charge in [-0.3, -0.25) is 9.48 Å². The van der Waals surface area contributed by atoms with Crippen LogP contribution in [0.5, 0.6) is 0 Å². The van der Waals surface area contributed by atoms with Crippen molar-refractivity contribution in [1.29, 1.82) is 0 Å². The van der Waals surface area contributed by atoms with Gasteiger partial charge in [-0.1, -0.05) is 6.92 Å². The van der Waals surface area contributed by atoms with Crippen LogP contribution in [0.2, 0.25) is 0 Å². The van der Waals surface area contributed by atoms with Crippen molar-refractivity contribution in [2.45, 2.75) is 38.8 Å². The van der Waals surface area contributed by atoms with Crippen LogP contribution in [0.1, 0.15) is 36.7 Å². The van der Waals surface area contributed by atoms with Crippen LogP contribution < -0.4 is 5.32 Å². The van der Waals surface area contributed by atoms with Gasteiger partial charge in [0.05, 0.1) is 16.8 Å². The van der Waals surface area contributed by atoms with Gasteiger partial charge in [0.25, 0.3) is 0 Å². The highest BCUT2D eigenvalue weighted by Gasteiger charge is 2.20. The van der Waals surface area contributed by atoms with Gasteiger partial charge in [0, 0.05) is 6.54 Å². The molecule has 1 aromatic heterocycles. The van der Waals surface area contributed by atoms with Crippen molar-refractivity contribution in [3.63, 3.8) is 0 Å². The SMILES string of the molecule is CCCn1ncc(Br)c1C(=O)COC1CCNCC1. The maximum Gasteiger partial charge on any atom is 0.207 e. The topological polar surface area (TPSA) is 56.2 Å². The average Bonchev–Trinajstić information content (AvgIpc) is 2.79. The summed E-state index contributed by atoms with van der Waals surface area (Å²) >= 11 is 3.38. The third kappa shape index (κ3) is 3.87. The highest BCUT2D eigenvalue weighted by molar-refractivity contribution is 9.10. The zero-order valence-corrected chi connectivity index (χ0v) is 12.8. The fourth-order valence-corrected chi connectivity index (χ4v) is 2.76. The molecule has 0 radical (unpaired) electrons. The van der Waals surface area contributed by atoms with Crippen LogP contribution in [-0.4, -0.2) is 41.4 Å². The molecule has 1 aliphatic rings. The van der Waals surface area contributed by atoms with Crippen molar-refractivity contribution >= 4 is 21.7 Å². The molecule has 1 saturated heterocycles. The van der Waals surface area contributed by atoms with E-state index in [-0.39, 0.29) is 18.5 Å². The number of rotatable bonds is 6. The van der Waals surface area contributed by atoms with Crippen molar-refractivity contribution in [1.82, 2.24) is 15.1 Å². The van der Waals surface area contributed by atoms with Crippen LogP contribution in [-0.2, 0) is 11.3 Å². The lowest BCUT2D eigenvalue weighted by Crippen LogP contribution is -2.33. The lowest BCUT2D eigenvalue weighted by Gasteiger charge is -2.22. The molecule has 2 rings (SSSR count). The molecule has 0 aromatic carbocycles. The monoisotopic (exact) mass is 329 g/mol. The number of aromatic nitrogens is 2. The van der Waals surface area contributed by atoms with E-state index in [0.717, 1.165) is 43.4 Å². The second-order valence-corrected chi connectivity index (χ2v) is 5.60. The molecule has 2 heterocycles. The predicted molar refractivity (Wildman–Crippen MR) is 76.4 cm³/mol. The van der Waals surface area contributed by atoms with Crippen LogP contribution in [0.25, 0.3) is 0 Å². The maximum atomic E-state index is 12.2. The Kier molecular flexibility index (Phi) is 5.54. The van der Waals surface area contributed by atoms with Crippen LogP contribution in [0.3, 0.4) is 0 Å². The first-order chi connectivity index (χ1) is 9.22. The molecule has 0 amide bonds. The van der Waals surface area contributed by atoms with Crippen molar-refractivity contribution in [3.05, 3.63) is 16.4 Å². The van der Waals surface area contributed by atoms with Gasteiger partial charge in [0.2, 0.25) is 5.78 Å². The smallest absolute Gasteiger partial charge is 0.207 e. The maximum absolute atomic E-state index is 12.2. The number of hydrogen-bond acceptors (Lipinski definition) is 4. The Morgan fingerprint density at radius 3 is 3.00 bits per heavy atom. The Labute approximate surface area is 121 Å². The summed E-state index contributed by atoms with van der Waals surface area (Å²) in [4.78, 5) is 12.2. The molecule has 0 spiro atoms. The van der Waals surface area contributed by atoms with E-state index in [1.54, 1.807) is 10.9 Å². The lowest BCUT2D eigenvalue weighted by molar-refractivity contribution is 0.0311. The number of carbonyl (C=O) groups excluding carboxylic acids is 1. The summed E-state index contributed by atoms with van der Waals surface area (Å²) < 4.78 is 8.20. The van der Waals surface area contributed by atoms with E-state index >= 15 is 0 Å². The number of Topliss-reactive ketones (excluding diaryl/α,β-unsaturated/α-hetero) is 1. The number of ketones is 1. The van der Waals surface area contributed by atoms with Gasteiger partial charge in [0.15, 0.2) is 0 Å². The Bertz CT molecular complexity index is 428. The van der Waals surface area contributed by atoms with Crippen LogP contribution in [0.15, 0.2) is 10.7 Å². The number of nitrogens with one attached hydrogen (secondary N) is 1. The van der Waals surface area contributed by atoms with E-state index in [9.17, 15) is 4.79 Å². The Balaban J connectivity index is 1.93. The van der Waals surface area contributed by atoms with E-state index in [4.69, 9.17) is 4.74 Å². The highest BCUT2D eigenvalue weighted by Crippen LogP contribution is 2.18. The summed E-state index contributed by atoms with van der Waals surface area (Å²) in [6, 6.07) is 0. The predicted octanol–water partition coefficient (Wildman–Crippen LogP) is 2.01. The molecular formula is C13H20BrN3O2. The Morgan fingerprint density at radius 2 is 2.32 bits per heavy atom. The van der Waals surface area contributed by atoms with E-state index in [2.05, 4.69) is 33.3 Å². The molecule has 0 bridgehead atoms. The van der Waals surface area contributed by atoms with Crippen molar-refractivity contribution < 1.29 is 9.53 Å². The number of aryl methyl sites for hydroxylation is 1. The van der Waals surface area contributed by atoms with E-state index in [0.29, 0.717) is 5.69 Å². The second-order valence-electron chi connectivity index (χ2n) is 4.75. The lowest BCUT2D eigenvalue weighted by atomic mass is 10.1. The third-order valence-corrected chi connectivity index (χ3v) is 3.81. The molecule has 0 unspecified atom stereocenters. The molecule has 1 aliphatic heterocycles. The zero-order valence-electron chi connectivity index (χ0n) is 11.2. The minimum atomic E-state index is -0.00337. The van der Waals surface area contributed by atoms with Crippen molar-refractivity contribution in [3.8, 4) is 0 Å². The first kappa shape index (κ1) is 14.7. The number of ether oxygens (including phenoxy) is 1. The summed E-state index contributed by atoms with van der Waals surface area (Å²) in [6.45, 7) is 4.89. The minimum Gasteiger partial charge on any atom is -0.370 e. The number of halogens is 1. The van der Waals surface area contributed by atoms with Crippen molar-refractivity contribution in [2.24, 2.45) is 0 Å². The molecule has 0 saturated carbocycles. The normalized spacial score (nSPS) is 16.7. The summed E-state index contributed by atoms with van der Waals surface area (Å²) in [5.74, 6) is -0.00337. The number of piperidine rings is 1. The third-order valence-electron chi connectivity index (χ3n) is 3.23. The van der Waals surface area contributed by atoms with Gasteiger partial charge >= 0.3 is 0 Å². The molecule has 0 atom stereocenters. The van der Waals surface area contributed by atoms with Gasteiger partial charge < -0.3 is 10.1 Å². The first-order valence-corrected chi connectivity index (χ1v) is 7.58.